The molecule has 0 aliphatic heterocycles. The molecular formula is C24H37N3O7. The standard InChI is InChI=1S/C24H37N3O7/c1-7-15-27(22(31)16(3)26-23(32)34-24(4,5)6)20(17-9-11-18(28)12-10-17)21(30)25-14-13-19(29)33-8-2/h9-12,16,20,28H,7-8,13-15H2,1-6H3,(H,25,30)(H,26,32). The van der Waals surface area contributed by atoms with E-state index < -0.39 is 41.6 Å². The SMILES string of the molecule is CCCN(C(=O)C(C)NC(=O)OC(C)(C)C)C(C(=O)NCCC(=O)OCC)c1ccc(O)cc1. The van der Waals surface area contributed by atoms with E-state index in [0.29, 0.717) is 12.0 Å². The maximum absolute atomic E-state index is 13.3. The summed E-state index contributed by atoms with van der Waals surface area (Å²) in [5.74, 6) is -1.41. The van der Waals surface area contributed by atoms with Gasteiger partial charge in [0.05, 0.1) is 13.0 Å². The van der Waals surface area contributed by atoms with Gasteiger partial charge in [-0.25, -0.2) is 4.79 Å². The van der Waals surface area contributed by atoms with Crippen LogP contribution < -0.4 is 10.6 Å². The monoisotopic (exact) mass is 479 g/mol. The molecule has 0 aliphatic carbocycles. The molecule has 0 aromatic heterocycles. The molecular weight excluding hydrogens is 442 g/mol. The first-order valence-electron chi connectivity index (χ1n) is 11.4. The van der Waals surface area contributed by atoms with Gasteiger partial charge in [-0.15, -0.1) is 0 Å². The normalized spacial score (nSPS) is 12.8. The smallest absolute Gasteiger partial charge is 0.408 e. The van der Waals surface area contributed by atoms with Gasteiger partial charge in [-0.1, -0.05) is 19.1 Å². The number of hydrogen-bond donors (Lipinski definition) is 3. The van der Waals surface area contributed by atoms with E-state index in [4.69, 9.17) is 9.47 Å². The van der Waals surface area contributed by atoms with Gasteiger partial charge in [0.2, 0.25) is 11.8 Å². The predicted octanol–water partition coefficient (Wildman–Crippen LogP) is 2.65. The second-order valence-electron chi connectivity index (χ2n) is 8.74. The largest absolute Gasteiger partial charge is 0.508 e. The Bertz CT molecular complexity index is 834. The number of alkyl carbamates (subject to hydrolysis) is 1. The van der Waals surface area contributed by atoms with E-state index in [9.17, 15) is 24.3 Å². The van der Waals surface area contributed by atoms with Crippen LogP contribution in [0.15, 0.2) is 24.3 Å². The zero-order valence-electron chi connectivity index (χ0n) is 20.8. The van der Waals surface area contributed by atoms with Crippen molar-refractivity contribution < 1.29 is 33.8 Å². The van der Waals surface area contributed by atoms with Crippen LogP contribution in [0.3, 0.4) is 0 Å². The van der Waals surface area contributed by atoms with Gasteiger partial charge in [0.15, 0.2) is 0 Å². The molecule has 0 radical (unpaired) electrons. The minimum atomic E-state index is -1.04. The number of nitrogens with one attached hydrogen (secondary N) is 2. The molecule has 0 bridgehead atoms. The maximum atomic E-state index is 13.3. The third-order valence-electron chi connectivity index (χ3n) is 4.55. The van der Waals surface area contributed by atoms with E-state index in [1.807, 2.05) is 6.92 Å². The van der Waals surface area contributed by atoms with Crippen molar-refractivity contribution >= 4 is 23.9 Å². The molecule has 0 saturated heterocycles. The highest BCUT2D eigenvalue weighted by Crippen LogP contribution is 2.25. The number of carbonyl (C=O) groups is 4. The van der Waals surface area contributed by atoms with Gasteiger partial charge in [0.1, 0.15) is 23.4 Å². The molecule has 3 N–H and O–H groups in total. The van der Waals surface area contributed by atoms with Crippen molar-refractivity contribution in [1.29, 1.82) is 0 Å². The summed E-state index contributed by atoms with van der Waals surface area (Å²) in [6, 6.07) is 3.93. The minimum Gasteiger partial charge on any atom is -0.508 e. The summed E-state index contributed by atoms with van der Waals surface area (Å²) in [5.41, 5.74) is -0.263. The summed E-state index contributed by atoms with van der Waals surface area (Å²) in [6.45, 7) is 10.7. The van der Waals surface area contributed by atoms with Gasteiger partial charge in [0, 0.05) is 13.1 Å². The topological polar surface area (TPSA) is 134 Å². The number of phenolic OH excluding ortho intramolecular Hbond substituents is 1. The fraction of sp³-hybridized carbons (Fsp3) is 0.583. The molecule has 10 heteroatoms. The lowest BCUT2D eigenvalue weighted by molar-refractivity contribution is -0.144. The number of ether oxygens (including phenoxy) is 2. The molecule has 3 amide bonds. The molecule has 0 heterocycles. The van der Waals surface area contributed by atoms with Crippen molar-refractivity contribution in [2.75, 3.05) is 19.7 Å². The van der Waals surface area contributed by atoms with Crippen LogP contribution >= 0.6 is 0 Å². The molecule has 1 rings (SSSR count). The van der Waals surface area contributed by atoms with Gasteiger partial charge in [-0.2, -0.15) is 0 Å². The fourth-order valence-electron chi connectivity index (χ4n) is 3.15. The van der Waals surface area contributed by atoms with E-state index in [1.54, 1.807) is 39.8 Å². The predicted molar refractivity (Wildman–Crippen MR) is 126 cm³/mol. The lowest BCUT2D eigenvalue weighted by Gasteiger charge is -2.33. The molecule has 190 valence electrons. The van der Waals surface area contributed by atoms with Crippen LogP contribution in [-0.4, -0.2) is 65.2 Å². The van der Waals surface area contributed by atoms with Gasteiger partial charge in [-0.05, 0) is 58.7 Å². The quantitative estimate of drug-likeness (QED) is 0.415. The molecule has 0 fully saturated rings. The first kappa shape index (κ1) is 28.7. The minimum absolute atomic E-state index is 0.0125. The van der Waals surface area contributed by atoms with Crippen molar-refractivity contribution in [3.8, 4) is 5.75 Å². The number of aromatic hydroxyl groups is 1. The number of benzene rings is 1. The Morgan fingerprint density at radius 3 is 2.24 bits per heavy atom. The molecule has 1 aromatic carbocycles. The summed E-state index contributed by atoms with van der Waals surface area (Å²) in [5, 5.41) is 14.9. The third kappa shape index (κ3) is 9.68. The highest BCUT2D eigenvalue weighted by Gasteiger charge is 2.34. The Morgan fingerprint density at radius 1 is 1.09 bits per heavy atom. The van der Waals surface area contributed by atoms with Gasteiger partial charge in [-0.3, -0.25) is 14.4 Å². The number of carbonyl (C=O) groups excluding carboxylic acids is 4. The average molecular weight is 480 g/mol. The first-order chi connectivity index (χ1) is 15.9. The molecule has 34 heavy (non-hydrogen) atoms. The number of hydrogen-bond acceptors (Lipinski definition) is 7. The summed E-state index contributed by atoms with van der Waals surface area (Å²) >= 11 is 0. The molecule has 0 saturated carbocycles. The van der Waals surface area contributed by atoms with Gasteiger partial charge < -0.3 is 30.1 Å². The Hall–Kier alpha value is -3.30. The van der Waals surface area contributed by atoms with Gasteiger partial charge >= 0.3 is 12.1 Å². The summed E-state index contributed by atoms with van der Waals surface area (Å²) in [6.07, 6.45) is -0.208. The van der Waals surface area contributed by atoms with Crippen LogP contribution in [0.4, 0.5) is 4.79 Å². The Kier molecular flexibility index (Phi) is 11.3. The van der Waals surface area contributed by atoms with Crippen LogP contribution in [0, 0.1) is 0 Å². The summed E-state index contributed by atoms with van der Waals surface area (Å²) in [4.78, 5) is 51.7. The second-order valence-corrected chi connectivity index (χ2v) is 8.74. The van der Waals surface area contributed by atoms with E-state index in [0.717, 1.165) is 0 Å². The zero-order chi connectivity index (χ0) is 25.9. The van der Waals surface area contributed by atoms with E-state index in [-0.39, 0.29) is 31.9 Å². The van der Waals surface area contributed by atoms with Crippen LogP contribution in [0.25, 0.3) is 0 Å². The van der Waals surface area contributed by atoms with Crippen molar-refractivity contribution in [2.45, 2.75) is 72.1 Å². The number of nitrogens with zero attached hydrogens (tertiary/aromatic N) is 1. The molecule has 2 atom stereocenters. The number of amides is 3. The number of esters is 1. The molecule has 2 unspecified atom stereocenters. The Labute approximate surface area is 201 Å². The third-order valence-corrected chi connectivity index (χ3v) is 4.55. The molecule has 1 aromatic rings. The molecule has 10 nitrogen and oxygen atoms in total. The van der Waals surface area contributed by atoms with Crippen LogP contribution in [-0.2, 0) is 23.9 Å². The average Bonchev–Trinajstić information content (AvgIpc) is 2.73. The summed E-state index contributed by atoms with van der Waals surface area (Å²) < 4.78 is 10.1. The Morgan fingerprint density at radius 2 is 1.71 bits per heavy atom. The zero-order valence-corrected chi connectivity index (χ0v) is 20.8. The van der Waals surface area contributed by atoms with E-state index in [2.05, 4.69) is 10.6 Å². The second kappa shape index (κ2) is 13.4. The maximum Gasteiger partial charge on any atom is 0.408 e. The molecule has 0 aliphatic rings. The highest BCUT2D eigenvalue weighted by molar-refractivity contribution is 5.92. The van der Waals surface area contributed by atoms with Crippen LogP contribution in [0.2, 0.25) is 0 Å². The number of rotatable bonds is 11. The van der Waals surface area contributed by atoms with Crippen LogP contribution in [0.5, 0.6) is 5.75 Å². The van der Waals surface area contributed by atoms with Crippen molar-refractivity contribution in [2.24, 2.45) is 0 Å². The van der Waals surface area contributed by atoms with Crippen molar-refractivity contribution in [3.05, 3.63) is 29.8 Å². The van der Waals surface area contributed by atoms with E-state index in [1.165, 1.54) is 24.0 Å². The van der Waals surface area contributed by atoms with E-state index >= 15 is 0 Å². The lowest BCUT2D eigenvalue weighted by atomic mass is 10.0. The highest BCUT2D eigenvalue weighted by atomic mass is 16.6. The summed E-state index contributed by atoms with van der Waals surface area (Å²) in [7, 11) is 0. The van der Waals surface area contributed by atoms with Gasteiger partial charge in [0.25, 0.3) is 0 Å². The Balaban J connectivity index is 3.13. The number of phenols is 1. The van der Waals surface area contributed by atoms with Crippen molar-refractivity contribution in [3.63, 3.8) is 0 Å². The molecule has 0 spiro atoms. The lowest BCUT2D eigenvalue weighted by Crippen LogP contribution is -2.52. The fourth-order valence-corrected chi connectivity index (χ4v) is 3.15. The van der Waals surface area contributed by atoms with Crippen molar-refractivity contribution in [1.82, 2.24) is 15.5 Å². The van der Waals surface area contributed by atoms with Crippen LogP contribution in [0.1, 0.15) is 66.0 Å². The first-order valence-corrected chi connectivity index (χ1v) is 11.4.